The predicted molar refractivity (Wildman–Crippen MR) is 94.3 cm³/mol. The van der Waals surface area contributed by atoms with Crippen molar-refractivity contribution in [3.05, 3.63) is 52.9 Å². The molecule has 2 aromatic rings. The summed E-state index contributed by atoms with van der Waals surface area (Å²) in [6.45, 7) is 1.08. The van der Waals surface area contributed by atoms with E-state index in [1.807, 2.05) is 18.2 Å². The Labute approximate surface area is 148 Å². The van der Waals surface area contributed by atoms with Crippen LogP contribution < -0.4 is 10.6 Å². The lowest BCUT2D eigenvalue weighted by Gasteiger charge is -1.97. The molecule has 1 saturated heterocycles. The van der Waals surface area contributed by atoms with Gasteiger partial charge < -0.3 is 14.8 Å². The summed E-state index contributed by atoms with van der Waals surface area (Å²) < 4.78 is 5.67. The number of hydrogen-bond acceptors (Lipinski definition) is 4. The monoisotopic (exact) mass is 364 g/mol. The first-order valence-electron chi connectivity index (χ1n) is 6.74. The lowest BCUT2D eigenvalue weighted by atomic mass is 10.2. The van der Waals surface area contributed by atoms with E-state index in [4.69, 9.17) is 38.1 Å². The van der Waals surface area contributed by atoms with Crippen LogP contribution in [0.3, 0.4) is 0 Å². The zero-order chi connectivity index (χ0) is 17.7. The molecule has 1 aliphatic rings. The number of thiocarbonyl (C=S) groups is 1. The van der Waals surface area contributed by atoms with Crippen molar-refractivity contribution in [1.29, 1.82) is 0 Å². The molecule has 2 heterocycles. The number of carbonyl (C=O) groups is 2. The molecule has 8 heteroatoms. The number of hydrogen-bond donors (Lipinski definition) is 3. The average molecular weight is 365 g/mol. The van der Waals surface area contributed by atoms with Gasteiger partial charge in [0.25, 0.3) is 11.9 Å². The van der Waals surface area contributed by atoms with Crippen LogP contribution >= 0.6 is 23.8 Å². The quantitative estimate of drug-likeness (QED) is 0.560. The fourth-order valence-corrected chi connectivity index (χ4v) is 2.15. The standard InChI is InChI=1S/C14H9ClN2O2S.C2H4O2/c15-9-3-1-8(2-4-9)12-6-5-10(19-12)7-11-13(18)17-14(20)16-11;1-2(3)4/h1-7H,(H2,16,17,18,20);1H3,(H,3,4)/b11-7+;. The summed E-state index contributed by atoms with van der Waals surface area (Å²) in [5.41, 5.74) is 1.28. The molecule has 1 aromatic carbocycles. The maximum Gasteiger partial charge on any atom is 0.300 e. The fraction of sp³-hybridized carbons (Fsp3) is 0.0625. The number of carboxylic acids is 1. The minimum atomic E-state index is -0.833. The van der Waals surface area contributed by atoms with Gasteiger partial charge in [-0.25, -0.2) is 0 Å². The molecule has 1 amide bonds. The summed E-state index contributed by atoms with van der Waals surface area (Å²) in [5.74, 6) is 0.172. The third-order valence-electron chi connectivity index (χ3n) is 2.76. The topological polar surface area (TPSA) is 91.6 Å². The van der Waals surface area contributed by atoms with Crippen molar-refractivity contribution in [2.45, 2.75) is 6.92 Å². The molecule has 24 heavy (non-hydrogen) atoms. The van der Waals surface area contributed by atoms with Crippen LogP contribution in [-0.2, 0) is 9.59 Å². The van der Waals surface area contributed by atoms with E-state index in [0.29, 0.717) is 27.4 Å². The normalized spacial score (nSPS) is 14.7. The first kappa shape index (κ1) is 17.7. The minimum Gasteiger partial charge on any atom is -0.481 e. The van der Waals surface area contributed by atoms with Gasteiger partial charge in [-0.15, -0.1) is 0 Å². The van der Waals surface area contributed by atoms with Crippen molar-refractivity contribution in [3.8, 4) is 11.3 Å². The maximum absolute atomic E-state index is 11.5. The summed E-state index contributed by atoms with van der Waals surface area (Å²) in [4.78, 5) is 20.5. The maximum atomic E-state index is 11.5. The van der Waals surface area contributed by atoms with Crippen molar-refractivity contribution in [2.75, 3.05) is 0 Å². The van der Waals surface area contributed by atoms with Gasteiger partial charge in [-0.1, -0.05) is 11.6 Å². The number of amides is 1. The molecule has 0 spiro atoms. The predicted octanol–water partition coefficient (Wildman–Crippen LogP) is 3.04. The fourth-order valence-electron chi connectivity index (χ4n) is 1.82. The van der Waals surface area contributed by atoms with E-state index in [0.717, 1.165) is 12.5 Å². The molecule has 3 rings (SSSR count). The van der Waals surface area contributed by atoms with Crippen molar-refractivity contribution >= 4 is 46.9 Å². The van der Waals surface area contributed by atoms with Gasteiger partial charge in [0, 0.05) is 23.6 Å². The lowest BCUT2D eigenvalue weighted by Crippen LogP contribution is -2.21. The Kier molecular flexibility index (Phi) is 5.73. The van der Waals surface area contributed by atoms with E-state index in [1.165, 1.54) is 0 Å². The second kappa shape index (κ2) is 7.76. The van der Waals surface area contributed by atoms with Crippen LogP contribution in [0.25, 0.3) is 17.4 Å². The molecule has 124 valence electrons. The van der Waals surface area contributed by atoms with Gasteiger partial charge >= 0.3 is 0 Å². The second-order valence-electron chi connectivity index (χ2n) is 4.69. The molecular weight excluding hydrogens is 352 g/mol. The Bertz CT molecular complexity index is 808. The van der Waals surface area contributed by atoms with Gasteiger partial charge in [-0.3, -0.25) is 14.9 Å². The summed E-state index contributed by atoms with van der Waals surface area (Å²) in [6.07, 6.45) is 1.61. The number of rotatable bonds is 2. The van der Waals surface area contributed by atoms with Crippen LogP contribution in [0.4, 0.5) is 0 Å². The number of carbonyl (C=O) groups excluding carboxylic acids is 1. The molecule has 1 aliphatic heterocycles. The van der Waals surface area contributed by atoms with Crippen molar-refractivity contribution in [2.24, 2.45) is 0 Å². The van der Waals surface area contributed by atoms with Crippen LogP contribution in [0.5, 0.6) is 0 Å². The molecule has 6 nitrogen and oxygen atoms in total. The van der Waals surface area contributed by atoms with E-state index < -0.39 is 5.97 Å². The summed E-state index contributed by atoms with van der Waals surface area (Å²) >= 11 is 10.7. The van der Waals surface area contributed by atoms with Gasteiger partial charge in [0.15, 0.2) is 5.11 Å². The number of aliphatic carboxylic acids is 1. The molecular formula is C16H13ClN2O4S. The van der Waals surface area contributed by atoms with E-state index in [1.54, 1.807) is 24.3 Å². The van der Waals surface area contributed by atoms with Gasteiger partial charge in [-0.2, -0.15) is 0 Å². The number of furan rings is 1. The van der Waals surface area contributed by atoms with Gasteiger partial charge in [0.1, 0.15) is 17.2 Å². The minimum absolute atomic E-state index is 0.264. The van der Waals surface area contributed by atoms with E-state index >= 15 is 0 Å². The molecule has 0 saturated carbocycles. The first-order valence-corrected chi connectivity index (χ1v) is 7.53. The third kappa shape index (κ3) is 4.94. The van der Waals surface area contributed by atoms with Crippen LogP contribution in [0.15, 0.2) is 46.5 Å². The molecule has 1 aromatic heterocycles. The van der Waals surface area contributed by atoms with Gasteiger partial charge in [0.05, 0.1) is 0 Å². The largest absolute Gasteiger partial charge is 0.481 e. The Morgan fingerprint density at radius 3 is 2.38 bits per heavy atom. The van der Waals surface area contributed by atoms with E-state index in [9.17, 15) is 4.79 Å². The van der Waals surface area contributed by atoms with Crippen LogP contribution in [-0.4, -0.2) is 22.1 Å². The Hall–Kier alpha value is -2.64. The van der Waals surface area contributed by atoms with E-state index in [-0.39, 0.29) is 5.91 Å². The van der Waals surface area contributed by atoms with Gasteiger partial charge in [-0.05, 0) is 48.6 Å². The number of nitrogens with one attached hydrogen (secondary N) is 2. The molecule has 3 N–H and O–H groups in total. The van der Waals surface area contributed by atoms with Crippen molar-refractivity contribution in [1.82, 2.24) is 10.6 Å². The SMILES string of the molecule is CC(=O)O.O=C1NC(=S)N/C1=C/c1ccc(-c2ccc(Cl)cc2)o1. The van der Waals surface area contributed by atoms with Crippen molar-refractivity contribution in [3.63, 3.8) is 0 Å². The number of benzene rings is 1. The van der Waals surface area contributed by atoms with Crippen LogP contribution in [0.1, 0.15) is 12.7 Å². The summed E-state index contributed by atoms with van der Waals surface area (Å²) in [5, 5.41) is 13.6. The molecule has 0 aliphatic carbocycles. The highest BCUT2D eigenvalue weighted by atomic mass is 35.5. The summed E-state index contributed by atoms with van der Waals surface area (Å²) in [6, 6.07) is 10.9. The average Bonchev–Trinajstić information content (AvgIpc) is 3.07. The third-order valence-corrected chi connectivity index (χ3v) is 3.22. The van der Waals surface area contributed by atoms with Crippen LogP contribution in [0, 0.1) is 0 Å². The summed E-state index contributed by atoms with van der Waals surface area (Å²) in [7, 11) is 0. The Morgan fingerprint density at radius 2 is 1.83 bits per heavy atom. The zero-order valence-corrected chi connectivity index (χ0v) is 14.1. The second-order valence-corrected chi connectivity index (χ2v) is 5.54. The molecule has 1 fully saturated rings. The Morgan fingerprint density at radius 1 is 1.21 bits per heavy atom. The van der Waals surface area contributed by atoms with Gasteiger partial charge in [0.2, 0.25) is 0 Å². The molecule has 0 bridgehead atoms. The number of carboxylic acid groups (broad SMARTS) is 1. The smallest absolute Gasteiger partial charge is 0.300 e. The highest BCUT2D eigenvalue weighted by Gasteiger charge is 2.20. The lowest BCUT2D eigenvalue weighted by molar-refractivity contribution is -0.134. The number of halogens is 1. The molecule has 0 radical (unpaired) electrons. The van der Waals surface area contributed by atoms with Crippen molar-refractivity contribution < 1.29 is 19.1 Å². The highest BCUT2D eigenvalue weighted by molar-refractivity contribution is 7.80. The Balaban J connectivity index is 0.000000471. The molecule has 0 unspecified atom stereocenters. The molecule has 0 atom stereocenters. The first-order chi connectivity index (χ1) is 11.3. The van der Waals surface area contributed by atoms with Crippen LogP contribution in [0.2, 0.25) is 5.02 Å². The highest BCUT2D eigenvalue weighted by Crippen LogP contribution is 2.24. The zero-order valence-electron chi connectivity index (χ0n) is 12.5. The van der Waals surface area contributed by atoms with E-state index in [2.05, 4.69) is 10.6 Å².